The van der Waals surface area contributed by atoms with Crippen LogP contribution in [-0.2, 0) is 9.68 Å². The molecule has 0 aromatic carbocycles. The Labute approximate surface area is 46.7 Å². The van der Waals surface area contributed by atoms with Crippen LogP contribution in [0.15, 0.2) is 0 Å². The summed E-state index contributed by atoms with van der Waals surface area (Å²) in [7, 11) is 0. The molecule has 0 bridgehead atoms. The summed E-state index contributed by atoms with van der Waals surface area (Å²) in [4.78, 5) is 9.14. The smallest absolute Gasteiger partial charge is 0.0936 e. The van der Waals surface area contributed by atoms with E-state index in [0.29, 0.717) is 18.4 Å². The predicted octanol–water partition coefficient (Wildman–Crippen LogP) is -0.790. The van der Waals surface area contributed by atoms with Gasteiger partial charge in [-0.1, -0.05) is 0 Å². The molecule has 1 aliphatic heterocycles. The monoisotopic (exact) mass is 119 g/mol. The average Bonchev–Trinajstić information content (AvgIpc) is 1.94. The van der Waals surface area contributed by atoms with Gasteiger partial charge >= 0.3 is 0 Å². The van der Waals surface area contributed by atoms with E-state index in [9.17, 15) is 5.21 Å². The lowest BCUT2D eigenvalue weighted by Crippen LogP contribution is -2.25. The van der Waals surface area contributed by atoms with Gasteiger partial charge in [0.1, 0.15) is 0 Å². The Bertz CT molecular complexity index is 61.5. The van der Waals surface area contributed by atoms with Crippen LogP contribution in [0.2, 0.25) is 0 Å². The number of nitrogens with one attached hydrogen (secondary N) is 1. The average molecular weight is 119 g/mol. The van der Waals surface area contributed by atoms with Crippen LogP contribution in [-0.4, -0.2) is 25.1 Å². The molecule has 0 aliphatic carbocycles. The number of hydrogen-bond acceptors (Lipinski definition) is 5. The number of nitrogens with zero attached hydrogens (tertiary/aromatic N) is 1. The third-order valence-corrected chi connectivity index (χ3v) is 0.716. The van der Waals surface area contributed by atoms with E-state index < -0.39 is 0 Å². The Morgan fingerprint density at radius 3 is 3.25 bits per heavy atom. The van der Waals surface area contributed by atoms with Crippen LogP contribution < -0.4 is 5.48 Å². The minimum absolute atomic E-state index is 0.0694. The molecule has 0 unspecified atom stereocenters. The summed E-state index contributed by atoms with van der Waals surface area (Å²) in [6.45, 7) is 0.801. The van der Waals surface area contributed by atoms with Gasteiger partial charge in [0.15, 0.2) is 0 Å². The van der Waals surface area contributed by atoms with E-state index in [-0.39, 0.29) is 6.67 Å². The first-order chi connectivity index (χ1) is 3.89. The summed E-state index contributed by atoms with van der Waals surface area (Å²) < 4.78 is 0. The summed E-state index contributed by atoms with van der Waals surface area (Å²) in [5.41, 5.74) is 2.39. The van der Waals surface area contributed by atoms with Gasteiger partial charge in [-0.3, -0.25) is 4.84 Å². The number of rotatable bonds is 0. The standard InChI is InChI=1S/C3H7N2O3/c6-5-3-4-7-1-2-8-5/h4H,1-3H2/q-1. The minimum Gasteiger partial charge on any atom is -0.761 e. The van der Waals surface area contributed by atoms with E-state index in [1.165, 1.54) is 0 Å². The molecule has 1 N–H and O–H groups in total. The lowest BCUT2D eigenvalue weighted by atomic mass is 10.8. The molecule has 0 radical (unpaired) electrons. The van der Waals surface area contributed by atoms with Crippen molar-refractivity contribution in [1.82, 2.24) is 10.7 Å². The van der Waals surface area contributed by atoms with Crippen molar-refractivity contribution in [3.05, 3.63) is 5.21 Å². The molecule has 48 valence electrons. The van der Waals surface area contributed by atoms with Crippen molar-refractivity contribution >= 4 is 0 Å². The summed E-state index contributed by atoms with van der Waals surface area (Å²) in [5.74, 6) is 0. The second kappa shape index (κ2) is 2.95. The molecule has 0 aromatic rings. The van der Waals surface area contributed by atoms with Crippen LogP contribution in [0.25, 0.3) is 0 Å². The highest BCUT2D eigenvalue weighted by molar-refractivity contribution is 4.39. The van der Waals surface area contributed by atoms with Crippen molar-refractivity contribution in [1.29, 1.82) is 0 Å². The first kappa shape index (κ1) is 5.93. The zero-order chi connectivity index (χ0) is 5.82. The van der Waals surface area contributed by atoms with E-state index in [2.05, 4.69) is 15.2 Å². The second-order valence-electron chi connectivity index (χ2n) is 1.32. The van der Waals surface area contributed by atoms with Crippen molar-refractivity contribution in [2.24, 2.45) is 0 Å². The summed E-state index contributed by atoms with van der Waals surface area (Å²) in [6, 6.07) is 0. The van der Waals surface area contributed by atoms with Crippen molar-refractivity contribution in [3.63, 3.8) is 0 Å². The molecule has 1 fully saturated rings. The first-order valence-electron chi connectivity index (χ1n) is 2.32. The molecule has 5 nitrogen and oxygen atoms in total. The fourth-order valence-corrected chi connectivity index (χ4v) is 0.397. The zero-order valence-electron chi connectivity index (χ0n) is 4.29. The second-order valence-corrected chi connectivity index (χ2v) is 1.32. The van der Waals surface area contributed by atoms with Crippen molar-refractivity contribution in [2.45, 2.75) is 0 Å². The van der Waals surface area contributed by atoms with Crippen LogP contribution >= 0.6 is 0 Å². The zero-order valence-corrected chi connectivity index (χ0v) is 4.29. The van der Waals surface area contributed by atoms with E-state index >= 15 is 0 Å². The molecule has 1 heterocycles. The quantitative estimate of drug-likeness (QED) is 0.453. The molecule has 8 heavy (non-hydrogen) atoms. The van der Waals surface area contributed by atoms with Gasteiger partial charge in [-0.15, -0.1) is 0 Å². The molecule has 1 aliphatic rings. The first-order valence-corrected chi connectivity index (χ1v) is 2.32. The predicted molar refractivity (Wildman–Crippen MR) is 25.1 cm³/mol. The third kappa shape index (κ3) is 1.73. The van der Waals surface area contributed by atoms with Gasteiger partial charge in [-0.05, 0) is 0 Å². The van der Waals surface area contributed by atoms with Gasteiger partial charge in [-0.2, -0.15) is 5.48 Å². The van der Waals surface area contributed by atoms with E-state index in [0.717, 1.165) is 0 Å². The van der Waals surface area contributed by atoms with Crippen molar-refractivity contribution in [3.8, 4) is 0 Å². The van der Waals surface area contributed by atoms with Gasteiger partial charge in [0.25, 0.3) is 0 Å². The van der Waals surface area contributed by atoms with Crippen LogP contribution in [0.5, 0.6) is 0 Å². The maximum Gasteiger partial charge on any atom is 0.0936 e. The van der Waals surface area contributed by atoms with Gasteiger partial charge in [-0.25, -0.2) is 5.23 Å². The molecule has 0 amide bonds. The van der Waals surface area contributed by atoms with Crippen molar-refractivity contribution in [2.75, 3.05) is 19.9 Å². The van der Waals surface area contributed by atoms with Crippen LogP contribution in [0.1, 0.15) is 0 Å². The molecule has 0 atom stereocenters. The maximum absolute atomic E-state index is 10.2. The SMILES string of the molecule is [O-]N1CNOCCO1. The summed E-state index contributed by atoms with van der Waals surface area (Å²) in [6.07, 6.45) is 0. The lowest BCUT2D eigenvalue weighted by Gasteiger charge is -2.22. The van der Waals surface area contributed by atoms with Crippen LogP contribution in [0.3, 0.4) is 0 Å². The Hall–Kier alpha value is -0.200. The maximum atomic E-state index is 10.2. The lowest BCUT2D eigenvalue weighted by molar-refractivity contribution is -0.111. The third-order valence-electron chi connectivity index (χ3n) is 0.716. The van der Waals surface area contributed by atoms with E-state index in [1.807, 2.05) is 0 Å². The Morgan fingerprint density at radius 1 is 1.50 bits per heavy atom. The van der Waals surface area contributed by atoms with Gasteiger partial charge < -0.3 is 10.0 Å². The molecule has 5 heteroatoms. The summed E-state index contributed by atoms with van der Waals surface area (Å²) in [5, 5.41) is 10.7. The Morgan fingerprint density at radius 2 is 2.38 bits per heavy atom. The number of hydroxylamine groups is 3. The largest absolute Gasteiger partial charge is 0.761 e. The molecule has 1 saturated heterocycles. The molecule has 0 saturated carbocycles. The summed E-state index contributed by atoms with van der Waals surface area (Å²) >= 11 is 0. The highest BCUT2D eigenvalue weighted by Crippen LogP contribution is 1.87. The highest BCUT2D eigenvalue weighted by atomic mass is 16.9. The minimum atomic E-state index is 0.0694. The van der Waals surface area contributed by atoms with Crippen LogP contribution in [0.4, 0.5) is 0 Å². The Balaban J connectivity index is 2.17. The van der Waals surface area contributed by atoms with Gasteiger partial charge in [0.05, 0.1) is 19.9 Å². The topological polar surface area (TPSA) is 56.8 Å². The fraction of sp³-hybridized carbons (Fsp3) is 1.00. The van der Waals surface area contributed by atoms with E-state index in [1.54, 1.807) is 0 Å². The molecule has 0 aromatic heterocycles. The molecular weight excluding hydrogens is 112 g/mol. The fourth-order valence-electron chi connectivity index (χ4n) is 0.397. The molecule has 1 rings (SSSR count). The van der Waals surface area contributed by atoms with Gasteiger partial charge in [0, 0.05) is 0 Å². The molecule has 0 spiro atoms. The van der Waals surface area contributed by atoms with Gasteiger partial charge in [0.2, 0.25) is 0 Å². The van der Waals surface area contributed by atoms with E-state index in [4.69, 9.17) is 0 Å². The van der Waals surface area contributed by atoms with Crippen LogP contribution in [0, 0.1) is 5.21 Å². The Kier molecular flexibility index (Phi) is 2.19. The number of hydrogen-bond donors (Lipinski definition) is 1. The molecular formula is C3H7N2O3-. The normalized spacial score (nSPS) is 25.1. The highest BCUT2D eigenvalue weighted by Gasteiger charge is 1.96. The van der Waals surface area contributed by atoms with Crippen molar-refractivity contribution < 1.29 is 9.68 Å².